The van der Waals surface area contributed by atoms with Gasteiger partial charge in [-0.2, -0.15) is 0 Å². The fraction of sp³-hybridized carbons (Fsp3) is 0.227. The second-order valence-corrected chi connectivity index (χ2v) is 7.92. The predicted octanol–water partition coefficient (Wildman–Crippen LogP) is 5.48. The van der Waals surface area contributed by atoms with Gasteiger partial charge in [0.2, 0.25) is 0 Å². The zero-order valence-electron chi connectivity index (χ0n) is 16.1. The lowest BCUT2D eigenvalue weighted by molar-refractivity contribution is 0.189. The van der Waals surface area contributed by atoms with Crippen LogP contribution in [0.15, 0.2) is 65.8 Å². The highest BCUT2D eigenvalue weighted by Gasteiger charge is 2.16. The molecule has 2 aromatic heterocycles. The third kappa shape index (κ3) is 4.61. The maximum absolute atomic E-state index is 6.41. The van der Waals surface area contributed by atoms with E-state index in [4.69, 9.17) is 21.3 Å². The van der Waals surface area contributed by atoms with Crippen LogP contribution in [0.4, 0.5) is 0 Å². The Hall–Kier alpha value is -2.41. The summed E-state index contributed by atoms with van der Waals surface area (Å²) in [5.74, 6) is 1.50. The average Bonchev–Trinajstić information content (AvgIpc) is 3.15. The van der Waals surface area contributed by atoms with Gasteiger partial charge in [-0.15, -0.1) is 10.2 Å². The molecule has 0 aliphatic rings. The van der Waals surface area contributed by atoms with Crippen molar-refractivity contribution in [2.75, 3.05) is 13.7 Å². The molecule has 0 saturated carbocycles. The fourth-order valence-electron chi connectivity index (χ4n) is 3.13. The van der Waals surface area contributed by atoms with E-state index < -0.39 is 0 Å². The van der Waals surface area contributed by atoms with Crippen LogP contribution in [0.3, 0.4) is 0 Å². The highest BCUT2D eigenvalue weighted by atomic mass is 35.5. The summed E-state index contributed by atoms with van der Waals surface area (Å²) in [6.07, 6.45) is 0.869. The molecule has 29 heavy (non-hydrogen) atoms. The van der Waals surface area contributed by atoms with Crippen LogP contribution in [0.2, 0.25) is 5.02 Å². The number of rotatable bonds is 8. The molecule has 0 spiro atoms. The van der Waals surface area contributed by atoms with Crippen molar-refractivity contribution in [3.8, 4) is 11.4 Å². The van der Waals surface area contributed by atoms with Crippen molar-refractivity contribution >= 4 is 34.3 Å². The van der Waals surface area contributed by atoms with Gasteiger partial charge in [0.1, 0.15) is 0 Å². The van der Waals surface area contributed by atoms with E-state index >= 15 is 0 Å². The lowest BCUT2D eigenvalue weighted by atomic mass is 10.2. The van der Waals surface area contributed by atoms with Crippen LogP contribution >= 0.6 is 23.4 Å². The number of ether oxygens (including phenoxy) is 1. The minimum Gasteiger partial charge on any atom is -0.385 e. The summed E-state index contributed by atoms with van der Waals surface area (Å²) in [5, 5.41) is 11.5. The Morgan fingerprint density at radius 3 is 2.69 bits per heavy atom. The molecule has 0 amide bonds. The van der Waals surface area contributed by atoms with E-state index in [0.29, 0.717) is 11.6 Å². The Bertz CT molecular complexity index is 1110. The van der Waals surface area contributed by atoms with Gasteiger partial charge in [-0.1, -0.05) is 59.8 Å². The zero-order valence-corrected chi connectivity index (χ0v) is 17.7. The number of nitrogens with zero attached hydrogens (tertiary/aromatic N) is 4. The second-order valence-electron chi connectivity index (χ2n) is 6.57. The van der Waals surface area contributed by atoms with Gasteiger partial charge in [-0.3, -0.25) is 4.98 Å². The van der Waals surface area contributed by atoms with E-state index in [-0.39, 0.29) is 0 Å². The van der Waals surface area contributed by atoms with E-state index in [9.17, 15) is 0 Å². The van der Waals surface area contributed by atoms with Crippen LogP contribution in [0, 0.1) is 0 Å². The summed E-state index contributed by atoms with van der Waals surface area (Å²) in [7, 11) is 1.71. The van der Waals surface area contributed by atoms with Gasteiger partial charge in [0, 0.05) is 37.0 Å². The van der Waals surface area contributed by atoms with Crippen LogP contribution in [-0.4, -0.2) is 33.5 Å². The highest BCUT2D eigenvalue weighted by molar-refractivity contribution is 7.98. The summed E-state index contributed by atoms with van der Waals surface area (Å²) in [6, 6.07) is 20.0. The number of halogens is 1. The normalized spacial score (nSPS) is 11.2. The Morgan fingerprint density at radius 2 is 1.83 bits per heavy atom. The van der Waals surface area contributed by atoms with Gasteiger partial charge in [-0.25, -0.2) is 0 Å². The van der Waals surface area contributed by atoms with Gasteiger partial charge in [0.15, 0.2) is 11.0 Å². The summed E-state index contributed by atoms with van der Waals surface area (Å²) in [6.45, 7) is 1.44. The lowest BCUT2D eigenvalue weighted by Crippen LogP contribution is -2.05. The smallest absolute Gasteiger partial charge is 0.191 e. The summed E-state index contributed by atoms with van der Waals surface area (Å²) in [5.41, 5.74) is 2.90. The van der Waals surface area contributed by atoms with E-state index in [1.54, 1.807) is 18.9 Å². The largest absolute Gasteiger partial charge is 0.385 e. The van der Waals surface area contributed by atoms with Crippen LogP contribution in [0.1, 0.15) is 12.1 Å². The molecule has 0 saturated heterocycles. The molecule has 0 bridgehead atoms. The summed E-state index contributed by atoms with van der Waals surface area (Å²) in [4.78, 5) is 4.76. The zero-order chi connectivity index (χ0) is 20.1. The number of methoxy groups -OCH3 is 1. The van der Waals surface area contributed by atoms with Crippen molar-refractivity contribution in [1.82, 2.24) is 19.7 Å². The number of pyridine rings is 1. The number of hydrogen-bond donors (Lipinski definition) is 0. The predicted molar refractivity (Wildman–Crippen MR) is 118 cm³/mol. The molecule has 4 aromatic rings. The molecule has 0 unspecified atom stereocenters. The molecule has 2 heterocycles. The van der Waals surface area contributed by atoms with Gasteiger partial charge in [0.05, 0.1) is 16.2 Å². The van der Waals surface area contributed by atoms with E-state index in [1.165, 1.54) is 0 Å². The van der Waals surface area contributed by atoms with Gasteiger partial charge >= 0.3 is 0 Å². The van der Waals surface area contributed by atoms with Crippen molar-refractivity contribution in [3.05, 3.63) is 71.4 Å². The standard InChI is InChI=1S/C22H21ClN4OS/c1-28-14-6-13-27-21(18-8-3-4-9-19(18)23)25-26-22(27)29-15-17-12-11-16-7-2-5-10-20(16)24-17/h2-5,7-12H,6,13-15H2,1H3. The van der Waals surface area contributed by atoms with Gasteiger partial charge in [-0.05, 0) is 30.7 Å². The first-order valence-corrected chi connectivity index (χ1v) is 10.8. The monoisotopic (exact) mass is 424 g/mol. The minimum absolute atomic E-state index is 0.667. The molecule has 7 heteroatoms. The third-order valence-corrected chi connectivity index (χ3v) is 5.90. The second kappa shape index (κ2) is 9.39. The van der Waals surface area contributed by atoms with Crippen molar-refractivity contribution < 1.29 is 4.74 Å². The fourth-order valence-corrected chi connectivity index (χ4v) is 4.22. The van der Waals surface area contributed by atoms with Crippen molar-refractivity contribution in [2.24, 2.45) is 0 Å². The third-order valence-electron chi connectivity index (χ3n) is 4.57. The Labute approximate surface area is 179 Å². The molecule has 4 rings (SSSR count). The number of para-hydroxylation sites is 1. The van der Waals surface area contributed by atoms with E-state index in [1.807, 2.05) is 42.5 Å². The molecular weight excluding hydrogens is 404 g/mol. The van der Waals surface area contributed by atoms with Crippen molar-refractivity contribution in [3.63, 3.8) is 0 Å². The molecular formula is C22H21ClN4OS. The molecule has 148 valence electrons. The van der Waals surface area contributed by atoms with E-state index in [0.717, 1.165) is 51.9 Å². The highest BCUT2D eigenvalue weighted by Crippen LogP contribution is 2.30. The molecule has 0 N–H and O–H groups in total. The average molecular weight is 425 g/mol. The van der Waals surface area contributed by atoms with Crippen LogP contribution in [-0.2, 0) is 17.0 Å². The minimum atomic E-state index is 0.667. The van der Waals surface area contributed by atoms with Crippen molar-refractivity contribution in [2.45, 2.75) is 23.9 Å². The topological polar surface area (TPSA) is 52.8 Å². The number of thioether (sulfide) groups is 1. The maximum Gasteiger partial charge on any atom is 0.191 e. The van der Waals surface area contributed by atoms with Crippen LogP contribution in [0.5, 0.6) is 0 Å². The van der Waals surface area contributed by atoms with Gasteiger partial charge < -0.3 is 9.30 Å². The molecule has 0 atom stereocenters. The van der Waals surface area contributed by atoms with Gasteiger partial charge in [0.25, 0.3) is 0 Å². The Morgan fingerprint density at radius 1 is 1.00 bits per heavy atom. The van der Waals surface area contributed by atoms with Crippen LogP contribution < -0.4 is 0 Å². The first kappa shape index (κ1) is 19.9. The quantitative estimate of drug-likeness (QED) is 0.277. The number of aromatic nitrogens is 4. The van der Waals surface area contributed by atoms with Crippen molar-refractivity contribution in [1.29, 1.82) is 0 Å². The number of fused-ring (bicyclic) bond motifs is 1. The first-order valence-electron chi connectivity index (χ1n) is 9.41. The molecule has 0 radical (unpaired) electrons. The molecule has 5 nitrogen and oxygen atoms in total. The van der Waals surface area contributed by atoms with Crippen LogP contribution in [0.25, 0.3) is 22.3 Å². The molecule has 2 aromatic carbocycles. The van der Waals surface area contributed by atoms with E-state index in [2.05, 4.69) is 33.0 Å². The molecule has 0 aliphatic heterocycles. The number of hydrogen-bond acceptors (Lipinski definition) is 5. The molecule has 0 aliphatic carbocycles. The SMILES string of the molecule is COCCCn1c(SCc2ccc3ccccc3n2)nnc1-c1ccccc1Cl. The summed E-state index contributed by atoms with van der Waals surface area (Å²) >= 11 is 8.04. The summed E-state index contributed by atoms with van der Waals surface area (Å²) < 4.78 is 7.34. The Kier molecular flexibility index (Phi) is 6.44. The lowest BCUT2D eigenvalue weighted by Gasteiger charge is -2.11. The maximum atomic E-state index is 6.41. The Balaban J connectivity index is 1.59. The molecule has 0 fully saturated rings. The number of benzene rings is 2. The first-order chi connectivity index (χ1) is 14.3.